The third kappa shape index (κ3) is 3.03. The molecule has 6 heteroatoms. The van der Waals surface area contributed by atoms with E-state index in [0.717, 1.165) is 5.69 Å². The first-order chi connectivity index (χ1) is 10.1. The summed E-state index contributed by atoms with van der Waals surface area (Å²) in [4.78, 5) is 12.3. The lowest BCUT2D eigenvalue weighted by Gasteiger charge is -2.10. The Bertz CT molecular complexity index is 713. The summed E-state index contributed by atoms with van der Waals surface area (Å²) in [6, 6.07) is 6.89. The topological polar surface area (TPSA) is 79.9 Å². The number of methoxy groups -OCH3 is 1. The summed E-state index contributed by atoms with van der Waals surface area (Å²) in [6.45, 7) is 1.95. The average molecular weight is 284 g/mol. The van der Waals surface area contributed by atoms with Gasteiger partial charge in [0.15, 0.2) is 0 Å². The zero-order valence-electron chi connectivity index (χ0n) is 12.2. The number of nitriles is 1. The van der Waals surface area contributed by atoms with Crippen LogP contribution in [0.5, 0.6) is 5.75 Å². The molecule has 2 aromatic rings. The number of rotatable bonds is 4. The van der Waals surface area contributed by atoms with E-state index < -0.39 is 0 Å². The Morgan fingerprint density at radius 2 is 2.29 bits per heavy atom. The molecule has 0 saturated heterocycles. The predicted molar refractivity (Wildman–Crippen MR) is 78.2 cm³/mol. The van der Waals surface area contributed by atoms with E-state index in [-0.39, 0.29) is 5.91 Å². The molecule has 0 aliphatic carbocycles. The SMILES string of the molecule is CCc1nn(C)cc1C(=O)Nc1ccc(C#N)cc1OC. The maximum Gasteiger partial charge on any atom is 0.259 e. The maximum absolute atomic E-state index is 12.3. The Kier molecular flexibility index (Phi) is 4.24. The van der Waals surface area contributed by atoms with E-state index in [1.807, 2.05) is 13.0 Å². The van der Waals surface area contributed by atoms with Crippen LogP contribution in [0, 0.1) is 11.3 Å². The number of hydrogen-bond donors (Lipinski definition) is 1. The van der Waals surface area contributed by atoms with Gasteiger partial charge in [-0.2, -0.15) is 10.4 Å². The standard InChI is InChI=1S/C15H16N4O2/c1-4-12-11(9-19(2)18-12)15(20)17-13-6-5-10(8-16)7-14(13)21-3/h5-7,9H,4H2,1-3H3,(H,17,20). The van der Waals surface area contributed by atoms with Crippen LogP contribution < -0.4 is 10.1 Å². The van der Waals surface area contributed by atoms with Crippen LogP contribution >= 0.6 is 0 Å². The first-order valence-corrected chi connectivity index (χ1v) is 6.51. The first kappa shape index (κ1) is 14.6. The van der Waals surface area contributed by atoms with Crippen molar-refractivity contribution in [1.29, 1.82) is 5.26 Å². The second kappa shape index (κ2) is 6.09. The third-order valence-electron chi connectivity index (χ3n) is 3.06. The minimum Gasteiger partial charge on any atom is -0.495 e. The van der Waals surface area contributed by atoms with Crippen molar-refractivity contribution in [2.75, 3.05) is 12.4 Å². The van der Waals surface area contributed by atoms with Gasteiger partial charge in [0.25, 0.3) is 5.91 Å². The number of aryl methyl sites for hydroxylation is 2. The number of amides is 1. The van der Waals surface area contributed by atoms with Crippen LogP contribution in [0.15, 0.2) is 24.4 Å². The molecule has 1 aromatic heterocycles. The highest BCUT2D eigenvalue weighted by Gasteiger charge is 2.16. The summed E-state index contributed by atoms with van der Waals surface area (Å²) < 4.78 is 6.81. The zero-order valence-corrected chi connectivity index (χ0v) is 12.2. The van der Waals surface area contributed by atoms with Gasteiger partial charge in [0.1, 0.15) is 5.75 Å². The van der Waals surface area contributed by atoms with Gasteiger partial charge in [-0.25, -0.2) is 0 Å². The first-order valence-electron chi connectivity index (χ1n) is 6.51. The Balaban J connectivity index is 2.29. The van der Waals surface area contributed by atoms with Gasteiger partial charge >= 0.3 is 0 Å². The van der Waals surface area contributed by atoms with Crippen molar-refractivity contribution in [2.24, 2.45) is 7.05 Å². The van der Waals surface area contributed by atoms with E-state index in [0.29, 0.717) is 29.0 Å². The molecule has 6 nitrogen and oxygen atoms in total. The number of nitrogens with one attached hydrogen (secondary N) is 1. The normalized spacial score (nSPS) is 10.0. The summed E-state index contributed by atoms with van der Waals surface area (Å²) in [5.41, 5.74) is 2.27. The zero-order chi connectivity index (χ0) is 15.4. The molecule has 1 amide bonds. The van der Waals surface area contributed by atoms with Crippen molar-refractivity contribution in [3.8, 4) is 11.8 Å². The van der Waals surface area contributed by atoms with Gasteiger partial charge in [0, 0.05) is 19.3 Å². The highest BCUT2D eigenvalue weighted by atomic mass is 16.5. The van der Waals surface area contributed by atoms with Crippen LogP contribution in [-0.2, 0) is 13.5 Å². The van der Waals surface area contributed by atoms with Crippen molar-refractivity contribution in [3.05, 3.63) is 41.2 Å². The number of benzene rings is 1. The number of carbonyl (C=O) groups is 1. The van der Waals surface area contributed by atoms with E-state index >= 15 is 0 Å². The molecule has 1 aromatic carbocycles. The molecule has 0 aliphatic heterocycles. The molecule has 0 atom stereocenters. The van der Waals surface area contributed by atoms with Crippen molar-refractivity contribution < 1.29 is 9.53 Å². The molecule has 108 valence electrons. The highest BCUT2D eigenvalue weighted by molar-refractivity contribution is 6.05. The lowest BCUT2D eigenvalue weighted by Crippen LogP contribution is -2.13. The monoisotopic (exact) mass is 284 g/mol. The van der Waals surface area contributed by atoms with Crippen LogP contribution in [0.4, 0.5) is 5.69 Å². The smallest absolute Gasteiger partial charge is 0.259 e. The number of aromatic nitrogens is 2. The molecule has 0 bridgehead atoms. The van der Waals surface area contributed by atoms with Crippen LogP contribution in [0.2, 0.25) is 0 Å². The van der Waals surface area contributed by atoms with Crippen molar-refractivity contribution >= 4 is 11.6 Å². The fourth-order valence-electron chi connectivity index (χ4n) is 2.04. The molecular weight excluding hydrogens is 268 g/mol. The van der Waals surface area contributed by atoms with Gasteiger partial charge in [-0.3, -0.25) is 9.48 Å². The summed E-state index contributed by atoms with van der Waals surface area (Å²) in [5.74, 6) is 0.201. The van der Waals surface area contributed by atoms with Crippen molar-refractivity contribution in [3.63, 3.8) is 0 Å². The minimum atomic E-state index is -0.247. The minimum absolute atomic E-state index is 0.247. The summed E-state index contributed by atoms with van der Waals surface area (Å²) in [6.07, 6.45) is 2.36. The molecule has 2 rings (SSSR count). The summed E-state index contributed by atoms with van der Waals surface area (Å²) >= 11 is 0. The van der Waals surface area contributed by atoms with Crippen molar-refractivity contribution in [1.82, 2.24) is 9.78 Å². The molecule has 21 heavy (non-hydrogen) atoms. The predicted octanol–water partition coefficient (Wildman–Crippen LogP) is 2.12. The van der Waals surface area contributed by atoms with E-state index in [9.17, 15) is 4.79 Å². The van der Waals surface area contributed by atoms with E-state index in [2.05, 4.69) is 10.4 Å². The number of nitrogens with zero attached hydrogens (tertiary/aromatic N) is 3. The molecule has 1 N–H and O–H groups in total. The summed E-state index contributed by atoms with van der Waals surface area (Å²) in [7, 11) is 3.27. The van der Waals surface area contributed by atoms with Gasteiger partial charge < -0.3 is 10.1 Å². The van der Waals surface area contributed by atoms with Gasteiger partial charge in [-0.15, -0.1) is 0 Å². The van der Waals surface area contributed by atoms with Gasteiger partial charge in [0.05, 0.1) is 35.7 Å². The molecule has 0 spiro atoms. The van der Waals surface area contributed by atoms with Crippen LogP contribution in [0.3, 0.4) is 0 Å². The molecule has 0 saturated carbocycles. The van der Waals surface area contributed by atoms with E-state index in [1.165, 1.54) is 7.11 Å². The van der Waals surface area contributed by atoms with Crippen molar-refractivity contribution in [2.45, 2.75) is 13.3 Å². The van der Waals surface area contributed by atoms with Gasteiger partial charge in [-0.1, -0.05) is 6.92 Å². The maximum atomic E-state index is 12.3. The number of ether oxygens (including phenoxy) is 1. The molecular formula is C15H16N4O2. The Morgan fingerprint density at radius 3 is 2.90 bits per heavy atom. The Hall–Kier alpha value is -2.81. The molecule has 0 aliphatic rings. The van der Waals surface area contributed by atoms with Gasteiger partial charge in [0.2, 0.25) is 0 Å². The van der Waals surface area contributed by atoms with Crippen LogP contribution in [-0.4, -0.2) is 22.8 Å². The fraction of sp³-hybridized carbons (Fsp3) is 0.267. The quantitative estimate of drug-likeness (QED) is 0.932. The average Bonchev–Trinajstić information content (AvgIpc) is 2.88. The fourth-order valence-corrected chi connectivity index (χ4v) is 2.04. The molecule has 1 heterocycles. The Labute approximate surface area is 123 Å². The third-order valence-corrected chi connectivity index (χ3v) is 3.06. The highest BCUT2D eigenvalue weighted by Crippen LogP contribution is 2.26. The largest absolute Gasteiger partial charge is 0.495 e. The van der Waals surface area contributed by atoms with E-state index in [4.69, 9.17) is 10.00 Å². The van der Waals surface area contributed by atoms with Crippen LogP contribution in [0.1, 0.15) is 28.5 Å². The second-order valence-electron chi connectivity index (χ2n) is 4.50. The lowest BCUT2D eigenvalue weighted by atomic mass is 10.1. The lowest BCUT2D eigenvalue weighted by molar-refractivity contribution is 0.102. The van der Waals surface area contributed by atoms with Gasteiger partial charge in [-0.05, 0) is 18.6 Å². The second-order valence-corrected chi connectivity index (χ2v) is 4.50. The molecule has 0 fully saturated rings. The van der Waals surface area contributed by atoms with E-state index in [1.54, 1.807) is 36.1 Å². The number of carbonyl (C=O) groups excluding carboxylic acids is 1. The Morgan fingerprint density at radius 1 is 1.52 bits per heavy atom. The molecule has 0 radical (unpaired) electrons. The molecule has 0 unspecified atom stereocenters. The summed E-state index contributed by atoms with van der Waals surface area (Å²) in [5, 5.41) is 15.9. The van der Waals surface area contributed by atoms with Crippen LogP contribution in [0.25, 0.3) is 0 Å². The number of hydrogen-bond acceptors (Lipinski definition) is 4. The number of anilines is 1.